The summed E-state index contributed by atoms with van der Waals surface area (Å²) in [6.45, 7) is 17.5. The summed E-state index contributed by atoms with van der Waals surface area (Å²) in [4.78, 5) is 15.1. The first-order valence-corrected chi connectivity index (χ1v) is 19.2. The van der Waals surface area contributed by atoms with Crippen molar-refractivity contribution in [1.82, 2.24) is 9.47 Å². The monoisotopic (exact) mass is 602 g/mol. The van der Waals surface area contributed by atoms with Crippen LogP contribution in [0.5, 0.6) is 0 Å². The van der Waals surface area contributed by atoms with E-state index in [0.29, 0.717) is 13.3 Å². The van der Waals surface area contributed by atoms with Crippen LogP contribution in [0.4, 0.5) is 4.79 Å². The molecule has 3 heterocycles. The van der Waals surface area contributed by atoms with Gasteiger partial charge in [-0.2, -0.15) is 0 Å². The van der Waals surface area contributed by atoms with E-state index in [1.54, 1.807) is 0 Å². The molecule has 9 heteroatoms. The molecule has 0 bridgehead atoms. The number of hydrogen-bond donors (Lipinski definition) is 0. The molecule has 2 aliphatic rings. The molecule has 2 fully saturated rings. The van der Waals surface area contributed by atoms with Crippen LogP contribution >= 0.6 is 0 Å². The Bertz CT molecular complexity index is 1370. The average molecular weight is 603 g/mol. The van der Waals surface area contributed by atoms with Gasteiger partial charge in [0.1, 0.15) is 13.3 Å². The molecule has 43 heavy (non-hydrogen) atoms. The maximum Gasteiger partial charge on any atom is 0.494 e. The minimum absolute atomic E-state index is 0.0679. The van der Waals surface area contributed by atoms with Gasteiger partial charge in [-0.25, -0.2) is 4.79 Å². The lowest BCUT2D eigenvalue weighted by atomic mass is 9.78. The van der Waals surface area contributed by atoms with Gasteiger partial charge in [-0.1, -0.05) is 74.2 Å². The van der Waals surface area contributed by atoms with E-state index >= 15 is 0 Å². The predicted octanol–water partition coefficient (Wildman–Crippen LogP) is 7.24. The van der Waals surface area contributed by atoms with Crippen LogP contribution in [-0.4, -0.2) is 55.1 Å². The Morgan fingerprint density at radius 3 is 2.30 bits per heavy atom. The van der Waals surface area contributed by atoms with E-state index in [4.69, 9.17) is 18.8 Å². The van der Waals surface area contributed by atoms with Crippen LogP contribution < -0.4 is 5.46 Å². The second kappa shape index (κ2) is 12.6. The number of aromatic nitrogens is 1. The van der Waals surface area contributed by atoms with Crippen molar-refractivity contribution >= 4 is 26.7 Å². The lowest BCUT2D eigenvalue weighted by Crippen LogP contribution is -2.41. The van der Waals surface area contributed by atoms with E-state index < -0.39 is 15.2 Å². The highest BCUT2D eigenvalue weighted by atomic mass is 28.3. The third-order valence-corrected chi connectivity index (χ3v) is 10.7. The van der Waals surface area contributed by atoms with Gasteiger partial charge in [0.2, 0.25) is 0 Å². The Morgan fingerprint density at radius 2 is 1.65 bits per heavy atom. The van der Waals surface area contributed by atoms with E-state index in [0.717, 1.165) is 53.3 Å². The predicted molar refractivity (Wildman–Crippen MR) is 175 cm³/mol. The molecule has 1 amide bonds. The number of nitrogens with zero attached hydrogens (tertiary/aromatic N) is 2. The first-order valence-electron chi connectivity index (χ1n) is 15.5. The summed E-state index contributed by atoms with van der Waals surface area (Å²) >= 11 is 0. The average Bonchev–Trinajstić information content (AvgIpc) is 3.66. The van der Waals surface area contributed by atoms with Crippen LogP contribution in [0.25, 0.3) is 11.1 Å². The van der Waals surface area contributed by atoms with Crippen molar-refractivity contribution in [3.8, 4) is 11.1 Å². The number of carbonyl (C=O) groups is 1. The summed E-state index contributed by atoms with van der Waals surface area (Å²) in [5.74, 6) is 0. The zero-order valence-electron chi connectivity index (χ0n) is 26.9. The molecule has 2 aliphatic heterocycles. The normalized spacial score (nSPS) is 19.7. The molecule has 1 unspecified atom stereocenters. The molecule has 7 nitrogen and oxygen atoms in total. The smallest absolute Gasteiger partial charge is 0.445 e. The molecule has 3 aromatic rings. The van der Waals surface area contributed by atoms with Crippen molar-refractivity contribution in [3.05, 3.63) is 78.1 Å². The quantitative estimate of drug-likeness (QED) is 0.181. The molecule has 230 valence electrons. The molecule has 2 aromatic carbocycles. The first kappa shape index (κ1) is 31.6. The molecule has 5 rings (SSSR count). The lowest BCUT2D eigenvalue weighted by Gasteiger charge is -2.32. The fourth-order valence-corrected chi connectivity index (χ4v) is 6.28. The van der Waals surface area contributed by atoms with Gasteiger partial charge in [0.25, 0.3) is 0 Å². The SMILES string of the molecule is CC1(C)OB(c2ccc(-c3cc(C4CCCN4C(=O)OCc4ccccc4)n(COCC[Si](C)(C)C)c3)cc2)OC1(C)C. The van der Waals surface area contributed by atoms with Crippen molar-refractivity contribution in [2.24, 2.45) is 0 Å². The Labute approximate surface area is 258 Å². The highest BCUT2D eigenvalue weighted by molar-refractivity contribution is 6.76. The molecule has 1 atom stereocenters. The second-order valence-electron chi connectivity index (χ2n) is 14.1. The van der Waals surface area contributed by atoms with Gasteiger partial charge in [0.15, 0.2) is 0 Å². The topological polar surface area (TPSA) is 62.2 Å². The maximum absolute atomic E-state index is 13.3. The van der Waals surface area contributed by atoms with Crippen LogP contribution in [0.1, 0.15) is 57.8 Å². The molecular formula is C34H47BN2O5Si. The van der Waals surface area contributed by atoms with Crippen LogP contribution in [-0.2, 0) is 32.1 Å². The summed E-state index contributed by atoms with van der Waals surface area (Å²) < 4.78 is 26.6. The Hall–Kier alpha value is -2.85. The number of carbonyl (C=O) groups excluding carboxylic acids is 1. The number of likely N-dealkylation sites (tertiary alicyclic amines) is 1. The second-order valence-corrected chi connectivity index (χ2v) is 19.7. The van der Waals surface area contributed by atoms with E-state index in [1.807, 2.05) is 35.2 Å². The van der Waals surface area contributed by atoms with Gasteiger partial charge in [-0.15, -0.1) is 0 Å². The van der Waals surface area contributed by atoms with Gasteiger partial charge in [0.05, 0.1) is 17.2 Å². The van der Waals surface area contributed by atoms with E-state index in [2.05, 4.69) is 88.4 Å². The summed E-state index contributed by atoms with van der Waals surface area (Å²) in [6.07, 6.45) is 3.70. The fraction of sp³-hybridized carbons (Fsp3) is 0.500. The van der Waals surface area contributed by atoms with Crippen molar-refractivity contribution in [1.29, 1.82) is 0 Å². The molecule has 0 spiro atoms. The molecule has 0 aliphatic carbocycles. The summed E-state index contributed by atoms with van der Waals surface area (Å²) in [7, 11) is -1.60. The Morgan fingerprint density at radius 1 is 0.977 bits per heavy atom. The van der Waals surface area contributed by atoms with Gasteiger partial charge in [-0.3, -0.25) is 4.90 Å². The first-order chi connectivity index (χ1) is 20.3. The van der Waals surface area contributed by atoms with Crippen molar-refractivity contribution in [2.75, 3.05) is 13.2 Å². The van der Waals surface area contributed by atoms with Crippen molar-refractivity contribution in [2.45, 2.75) is 96.8 Å². The number of hydrogen-bond acceptors (Lipinski definition) is 5. The summed E-state index contributed by atoms with van der Waals surface area (Å²) in [5.41, 5.74) is 4.48. The minimum Gasteiger partial charge on any atom is -0.445 e. The highest BCUT2D eigenvalue weighted by Gasteiger charge is 2.51. The molecule has 2 saturated heterocycles. The summed E-state index contributed by atoms with van der Waals surface area (Å²) in [5, 5.41) is 0. The maximum atomic E-state index is 13.3. The number of ether oxygens (including phenoxy) is 2. The third-order valence-electron chi connectivity index (χ3n) is 8.96. The van der Waals surface area contributed by atoms with Gasteiger partial charge in [-0.05, 0) is 74.8 Å². The van der Waals surface area contributed by atoms with Crippen LogP contribution in [0.2, 0.25) is 25.7 Å². The molecule has 0 saturated carbocycles. The fourth-order valence-electron chi connectivity index (χ4n) is 5.53. The van der Waals surface area contributed by atoms with E-state index in [9.17, 15) is 4.79 Å². The zero-order valence-corrected chi connectivity index (χ0v) is 27.9. The molecular weight excluding hydrogens is 555 g/mol. The number of benzene rings is 2. The van der Waals surface area contributed by atoms with Crippen LogP contribution in [0.3, 0.4) is 0 Å². The minimum atomic E-state index is -1.20. The highest BCUT2D eigenvalue weighted by Crippen LogP contribution is 2.38. The molecule has 1 aromatic heterocycles. The van der Waals surface area contributed by atoms with Gasteiger partial charge >= 0.3 is 13.2 Å². The van der Waals surface area contributed by atoms with Crippen molar-refractivity contribution < 1.29 is 23.6 Å². The van der Waals surface area contributed by atoms with Crippen molar-refractivity contribution in [3.63, 3.8) is 0 Å². The molecule has 0 radical (unpaired) electrons. The number of amides is 1. The van der Waals surface area contributed by atoms with Crippen LogP contribution in [0.15, 0.2) is 66.9 Å². The van der Waals surface area contributed by atoms with Gasteiger partial charge < -0.3 is 23.3 Å². The zero-order chi connectivity index (χ0) is 30.8. The lowest BCUT2D eigenvalue weighted by molar-refractivity contribution is 0.00578. The van der Waals surface area contributed by atoms with Crippen LogP contribution in [0, 0.1) is 0 Å². The Balaban J connectivity index is 1.35. The largest absolute Gasteiger partial charge is 0.494 e. The number of rotatable bonds is 10. The third kappa shape index (κ3) is 7.45. The van der Waals surface area contributed by atoms with E-state index in [1.165, 1.54) is 0 Å². The van der Waals surface area contributed by atoms with Gasteiger partial charge in [0, 0.05) is 33.1 Å². The standard InChI is InChI=1S/C34H47BN2O5Si/c1-33(2)34(3,4)42-35(41-33)29-17-15-27(16-18-29)28-22-31(36(23-28)25-39-20-21-43(5,6)7)30-14-11-19-37(30)32(38)40-24-26-12-9-8-10-13-26/h8-10,12-13,15-18,22-23,30H,11,14,19-21,24-25H2,1-7H3. The summed E-state index contributed by atoms with van der Waals surface area (Å²) in [6, 6.07) is 21.5. The van der Waals surface area contributed by atoms with E-state index in [-0.39, 0.29) is 29.9 Å². The Kier molecular flexibility index (Phi) is 9.28. The molecule has 0 N–H and O–H groups in total.